The van der Waals surface area contributed by atoms with Crippen molar-refractivity contribution in [1.29, 1.82) is 0 Å². The molecular weight excluding hydrogens is 398 g/mol. The highest BCUT2D eigenvalue weighted by Gasteiger charge is 2.07. The highest BCUT2D eigenvalue weighted by atomic mass is 35.5. The molecule has 0 bridgehead atoms. The summed E-state index contributed by atoms with van der Waals surface area (Å²) in [6.07, 6.45) is 3.39. The topological polar surface area (TPSA) is 64.1 Å². The van der Waals surface area contributed by atoms with Crippen LogP contribution >= 0.6 is 11.6 Å². The van der Waals surface area contributed by atoms with Crippen LogP contribution in [0.1, 0.15) is 15.9 Å². The summed E-state index contributed by atoms with van der Waals surface area (Å²) >= 11 is 5.88. The van der Waals surface area contributed by atoms with Crippen molar-refractivity contribution in [3.8, 4) is 22.9 Å². The van der Waals surface area contributed by atoms with E-state index in [4.69, 9.17) is 16.3 Å². The number of hydrogen-bond acceptors (Lipinski definition) is 4. The second-order valence-electron chi connectivity index (χ2n) is 6.56. The third kappa shape index (κ3) is 5.01. The molecule has 0 aliphatic heterocycles. The van der Waals surface area contributed by atoms with Crippen LogP contribution < -0.4 is 10.1 Å². The highest BCUT2D eigenvalue weighted by Crippen LogP contribution is 2.21. The van der Waals surface area contributed by atoms with Crippen LogP contribution in [0.3, 0.4) is 0 Å². The number of nitrogens with one attached hydrogen (secondary N) is 1. The maximum absolute atomic E-state index is 12.4. The average Bonchev–Trinajstić information content (AvgIpc) is 2.80. The van der Waals surface area contributed by atoms with Crippen molar-refractivity contribution < 1.29 is 9.53 Å². The van der Waals surface area contributed by atoms with Crippen molar-refractivity contribution in [1.82, 2.24) is 15.3 Å². The van der Waals surface area contributed by atoms with Gasteiger partial charge in [-0.3, -0.25) is 4.79 Å². The number of ether oxygens (including phenoxy) is 1. The van der Waals surface area contributed by atoms with Gasteiger partial charge < -0.3 is 10.1 Å². The van der Waals surface area contributed by atoms with Crippen molar-refractivity contribution in [2.24, 2.45) is 0 Å². The Bertz CT molecular complexity index is 1110. The van der Waals surface area contributed by atoms with Crippen LogP contribution in [0.5, 0.6) is 11.8 Å². The summed E-state index contributed by atoms with van der Waals surface area (Å²) in [6.45, 7) is 0.439. The number of carbonyl (C=O) groups excluding carboxylic acids is 1. The Labute approximate surface area is 179 Å². The van der Waals surface area contributed by atoms with Crippen LogP contribution in [0.25, 0.3) is 11.1 Å². The van der Waals surface area contributed by atoms with E-state index in [1.54, 1.807) is 36.7 Å². The molecule has 4 rings (SSSR count). The number of rotatable bonds is 6. The molecule has 1 aromatic heterocycles. The van der Waals surface area contributed by atoms with Crippen LogP contribution in [-0.4, -0.2) is 15.9 Å². The van der Waals surface area contributed by atoms with Gasteiger partial charge in [0, 0.05) is 35.1 Å². The van der Waals surface area contributed by atoms with E-state index in [1.165, 1.54) is 0 Å². The maximum Gasteiger partial charge on any atom is 0.321 e. The zero-order valence-corrected chi connectivity index (χ0v) is 16.7. The first kappa shape index (κ1) is 19.6. The third-order valence-electron chi connectivity index (χ3n) is 4.43. The molecule has 6 heteroatoms. The molecule has 0 radical (unpaired) electrons. The molecule has 0 aliphatic rings. The normalized spacial score (nSPS) is 10.4. The molecule has 0 fully saturated rings. The number of hydrogen-bond donors (Lipinski definition) is 1. The summed E-state index contributed by atoms with van der Waals surface area (Å²) in [5.41, 5.74) is 3.32. The smallest absolute Gasteiger partial charge is 0.321 e. The molecule has 0 saturated carbocycles. The number of amides is 1. The summed E-state index contributed by atoms with van der Waals surface area (Å²) in [6, 6.07) is 24.3. The van der Waals surface area contributed by atoms with E-state index in [0.717, 1.165) is 16.7 Å². The Morgan fingerprint density at radius 1 is 0.833 bits per heavy atom. The largest absolute Gasteiger partial charge is 0.424 e. The number of carbonyl (C=O) groups is 1. The van der Waals surface area contributed by atoms with Gasteiger partial charge in [0.05, 0.1) is 0 Å². The van der Waals surface area contributed by atoms with E-state index in [2.05, 4.69) is 15.3 Å². The zero-order chi connectivity index (χ0) is 20.8. The number of aromatic nitrogens is 2. The fourth-order valence-corrected chi connectivity index (χ4v) is 2.94. The van der Waals surface area contributed by atoms with E-state index < -0.39 is 0 Å². The quantitative estimate of drug-likeness (QED) is 0.450. The van der Waals surface area contributed by atoms with Gasteiger partial charge in [-0.25, -0.2) is 9.97 Å². The van der Waals surface area contributed by atoms with Gasteiger partial charge in [-0.2, -0.15) is 0 Å². The van der Waals surface area contributed by atoms with Gasteiger partial charge in [0.1, 0.15) is 5.75 Å². The van der Waals surface area contributed by atoms with Crippen molar-refractivity contribution in [2.75, 3.05) is 0 Å². The molecule has 0 aliphatic carbocycles. The van der Waals surface area contributed by atoms with Gasteiger partial charge in [-0.05, 0) is 47.5 Å². The molecule has 4 aromatic rings. The molecule has 0 unspecified atom stereocenters. The van der Waals surface area contributed by atoms with Crippen molar-refractivity contribution >= 4 is 17.5 Å². The van der Waals surface area contributed by atoms with Crippen molar-refractivity contribution in [2.45, 2.75) is 6.54 Å². The molecule has 0 atom stereocenters. The Hall–Kier alpha value is -3.70. The first-order chi connectivity index (χ1) is 14.7. The van der Waals surface area contributed by atoms with Crippen LogP contribution in [0, 0.1) is 0 Å². The fourth-order valence-electron chi connectivity index (χ4n) is 2.81. The Kier molecular flexibility index (Phi) is 6.01. The maximum atomic E-state index is 12.4. The van der Waals surface area contributed by atoms with Gasteiger partial charge in [0.25, 0.3) is 5.91 Å². The lowest BCUT2D eigenvalue weighted by molar-refractivity contribution is 0.0951. The summed E-state index contributed by atoms with van der Waals surface area (Å²) < 4.78 is 5.61. The molecule has 5 nitrogen and oxygen atoms in total. The first-order valence-corrected chi connectivity index (χ1v) is 9.73. The second-order valence-corrected chi connectivity index (χ2v) is 6.99. The summed E-state index contributed by atoms with van der Waals surface area (Å²) in [7, 11) is 0. The van der Waals surface area contributed by atoms with Gasteiger partial charge in [-0.1, -0.05) is 54.1 Å². The minimum atomic E-state index is -0.139. The molecule has 148 valence electrons. The predicted octanol–water partition coefficient (Wildman–Crippen LogP) is 5.52. The molecule has 1 heterocycles. The summed E-state index contributed by atoms with van der Waals surface area (Å²) in [5, 5.41) is 3.57. The van der Waals surface area contributed by atoms with Crippen LogP contribution in [0.4, 0.5) is 0 Å². The highest BCUT2D eigenvalue weighted by molar-refractivity contribution is 6.30. The Morgan fingerprint density at radius 2 is 1.50 bits per heavy atom. The van der Waals surface area contributed by atoms with E-state index in [-0.39, 0.29) is 11.9 Å². The minimum Gasteiger partial charge on any atom is -0.424 e. The molecule has 3 aromatic carbocycles. The van der Waals surface area contributed by atoms with Crippen LogP contribution in [0.15, 0.2) is 91.3 Å². The molecule has 1 amide bonds. The van der Waals surface area contributed by atoms with E-state index >= 15 is 0 Å². The third-order valence-corrected chi connectivity index (χ3v) is 4.68. The first-order valence-electron chi connectivity index (χ1n) is 9.35. The number of nitrogens with zero attached hydrogens (tertiary/aromatic N) is 2. The average molecular weight is 416 g/mol. The van der Waals surface area contributed by atoms with E-state index in [9.17, 15) is 4.79 Å². The number of benzene rings is 3. The van der Waals surface area contributed by atoms with Crippen molar-refractivity contribution in [3.63, 3.8) is 0 Å². The van der Waals surface area contributed by atoms with Crippen LogP contribution in [-0.2, 0) is 6.54 Å². The van der Waals surface area contributed by atoms with Gasteiger partial charge >= 0.3 is 6.01 Å². The fraction of sp³-hybridized carbons (Fsp3) is 0.0417. The zero-order valence-electron chi connectivity index (χ0n) is 16.0. The molecule has 0 spiro atoms. The van der Waals surface area contributed by atoms with Crippen molar-refractivity contribution in [3.05, 3.63) is 107 Å². The minimum absolute atomic E-state index is 0.139. The lowest BCUT2D eigenvalue weighted by atomic mass is 10.1. The van der Waals surface area contributed by atoms with E-state index in [0.29, 0.717) is 22.9 Å². The summed E-state index contributed by atoms with van der Waals surface area (Å²) in [4.78, 5) is 20.9. The second kappa shape index (κ2) is 9.20. The monoisotopic (exact) mass is 415 g/mol. The Morgan fingerprint density at radius 3 is 2.17 bits per heavy atom. The number of para-hydroxylation sites is 1. The van der Waals surface area contributed by atoms with Gasteiger partial charge in [0.15, 0.2) is 0 Å². The lowest BCUT2D eigenvalue weighted by Gasteiger charge is -2.07. The molecule has 0 saturated heterocycles. The SMILES string of the molecule is O=C(NCc1ccc(Cl)cc1)c1ccc(-c2cnc(Oc3ccccc3)nc2)cc1. The Balaban J connectivity index is 1.37. The van der Waals surface area contributed by atoms with E-state index in [1.807, 2.05) is 54.6 Å². The molecule has 1 N–H and O–H groups in total. The molecular formula is C24H18ClN3O2. The summed E-state index contributed by atoms with van der Waals surface area (Å²) in [5.74, 6) is 0.540. The van der Waals surface area contributed by atoms with Gasteiger partial charge in [-0.15, -0.1) is 0 Å². The predicted molar refractivity (Wildman–Crippen MR) is 117 cm³/mol. The number of halogens is 1. The van der Waals surface area contributed by atoms with Crippen LogP contribution in [0.2, 0.25) is 5.02 Å². The standard InChI is InChI=1S/C24H18ClN3O2/c25-21-12-6-17(7-13-21)14-26-23(29)19-10-8-18(9-11-19)20-15-27-24(28-16-20)30-22-4-2-1-3-5-22/h1-13,15-16H,14H2,(H,26,29). The van der Waals surface area contributed by atoms with Gasteiger partial charge in [0.2, 0.25) is 0 Å². The lowest BCUT2D eigenvalue weighted by Crippen LogP contribution is -2.22. The molecule has 30 heavy (non-hydrogen) atoms.